The van der Waals surface area contributed by atoms with E-state index >= 15 is 0 Å². The second-order valence-electron chi connectivity index (χ2n) is 5.50. The molecular weight excluding hydrogens is 338 g/mol. The van der Waals surface area contributed by atoms with Crippen LogP contribution in [0.15, 0.2) is 23.1 Å². The predicted octanol–water partition coefficient (Wildman–Crippen LogP) is 1.56. The highest BCUT2D eigenvalue weighted by Gasteiger charge is 2.29. The summed E-state index contributed by atoms with van der Waals surface area (Å²) in [5, 5.41) is 12.2. The van der Waals surface area contributed by atoms with Crippen molar-refractivity contribution in [3.8, 4) is 0 Å². The molecule has 2 fully saturated rings. The first-order valence-electron chi connectivity index (χ1n) is 7.17. The Hall–Kier alpha value is -1.54. The Balaban J connectivity index is 1.96. The molecule has 0 unspecified atom stereocenters. The van der Waals surface area contributed by atoms with Crippen molar-refractivity contribution in [3.05, 3.63) is 33.7 Å². The first kappa shape index (κ1) is 16.3. The number of thioether (sulfide) groups is 1. The molecule has 2 aliphatic rings. The minimum atomic E-state index is -0.524. The van der Waals surface area contributed by atoms with E-state index in [9.17, 15) is 14.7 Å². The number of hydrogen-bond acceptors (Lipinski definition) is 6. The lowest BCUT2D eigenvalue weighted by Crippen LogP contribution is -2.51. The van der Waals surface area contributed by atoms with E-state index in [1.165, 1.54) is 0 Å². The summed E-state index contributed by atoms with van der Waals surface area (Å²) in [6.45, 7) is 1.09. The van der Waals surface area contributed by atoms with Gasteiger partial charge in [0, 0.05) is 24.7 Å². The van der Waals surface area contributed by atoms with Crippen LogP contribution in [0.5, 0.6) is 0 Å². The number of anilines is 1. The van der Waals surface area contributed by atoms with Gasteiger partial charge < -0.3 is 15.7 Å². The first-order valence-corrected chi connectivity index (χ1v) is 8.37. The number of nitrogens with zero attached hydrogens (tertiary/aromatic N) is 1. The number of carbonyl (C=O) groups is 2. The van der Waals surface area contributed by atoms with Gasteiger partial charge in [-0.25, -0.2) is 0 Å². The Labute approximate surface area is 142 Å². The Morgan fingerprint density at radius 3 is 2.87 bits per heavy atom. The zero-order valence-corrected chi connectivity index (χ0v) is 13.7. The number of rotatable bonds is 2. The monoisotopic (exact) mass is 353 g/mol. The van der Waals surface area contributed by atoms with Crippen LogP contribution < -0.4 is 16.0 Å². The molecule has 2 atom stereocenters. The summed E-state index contributed by atoms with van der Waals surface area (Å²) in [7, 11) is 0. The van der Waals surface area contributed by atoms with Crippen LogP contribution in [-0.2, 0) is 4.79 Å². The summed E-state index contributed by atoms with van der Waals surface area (Å²) in [5.74, 6) is -0.406. The third-order valence-electron chi connectivity index (χ3n) is 3.88. The van der Waals surface area contributed by atoms with Crippen molar-refractivity contribution in [2.24, 2.45) is 5.73 Å². The van der Waals surface area contributed by atoms with Gasteiger partial charge in [-0.3, -0.25) is 14.9 Å². The van der Waals surface area contributed by atoms with Crippen LogP contribution >= 0.6 is 23.4 Å². The van der Waals surface area contributed by atoms with Crippen molar-refractivity contribution in [1.82, 2.24) is 5.32 Å². The van der Waals surface area contributed by atoms with Crippen LogP contribution in [0.1, 0.15) is 12.0 Å². The fourth-order valence-electron chi connectivity index (χ4n) is 2.72. The summed E-state index contributed by atoms with van der Waals surface area (Å²) < 4.78 is 0. The summed E-state index contributed by atoms with van der Waals surface area (Å²) in [6.07, 6.45) is 1.68. The Kier molecular flexibility index (Phi) is 4.63. The maximum absolute atomic E-state index is 11.7. The quantitative estimate of drug-likeness (QED) is 0.698. The third-order valence-corrected chi connectivity index (χ3v) is 5.00. The number of imide groups is 1. The van der Waals surface area contributed by atoms with Gasteiger partial charge in [0.05, 0.1) is 21.7 Å². The average Bonchev–Trinajstić information content (AvgIpc) is 2.80. The molecular formula is C15H16ClN3O3S. The normalized spacial score (nSPS) is 26.7. The van der Waals surface area contributed by atoms with Crippen LogP contribution in [0, 0.1) is 0 Å². The molecule has 0 radical (unpaired) electrons. The van der Waals surface area contributed by atoms with Crippen LogP contribution in [0.2, 0.25) is 5.02 Å². The van der Waals surface area contributed by atoms with Gasteiger partial charge in [-0.05, 0) is 30.3 Å². The van der Waals surface area contributed by atoms with Gasteiger partial charge in [0.15, 0.2) is 0 Å². The molecule has 1 aromatic rings. The lowest BCUT2D eigenvalue weighted by molar-refractivity contribution is -0.115. The Morgan fingerprint density at radius 1 is 1.43 bits per heavy atom. The van der Waals surface area contributed by atoms with E-state index in [1.807, 2.05) is 11.0 Å². The molecule has 8 heteroatoms. The summed E-state index contributed by atoms with van der Waals surface area (Å²) in [4.78, 5) is 25.4. The maximum Gasteiger partial charge on any atom is 0.290 e. The third kappa shape index (κ3) is 3.37. The van der Waals surface area contributed by atoms with Crippen LogP contribution in [0.4, 0.5) is 10.5 Å². The molecule has 0 aromatic heterocycles. The molecule has 0 bridgehead atoms. The van der Waals surface area contributed by atoms with Gasteiger partial charge in [0.25, 0.3) is 11.1 Å². The molecule has 122 valence electrons. The minimum absolute atomic E-state index is 0.333. The van der Waals surface area contributed by atoms with E-state index in [2.05, 4.69) is 5.32 Å². The maximum atomic E-state index is 11.7. The van der Waals surface area contributed by atoms with Crippen LogP contribution in [0.25, 0.3) is 6.08 Å². The number of aliphatic hydroxyl groups excluding tert-OH is 1. The highest BCUT2D eigenvalue weighted by atomic mass is 35.5. The number of halogens is 1. The lowest BCUT2D eigenvalue weighted by atomic mass is 10.0. The minimum Gasteiger partial charge on any atom is -0.391 e. The number of benzene rings is 1. The number of nitrogens with one attached hydrogen (secondary N) is 1. The number of piperidine rings is 1. The van der Waals surface area contributed by atoms with Crippen molar-refractivity contribution in [3.63, 3.8) is 0 Å². The topological polar surface area (TPSA) is 95.7 Å². The number of aliphatic hydroxyl groups is 1. The highest BCUT2D eigenvalue weighted by Crippen LogP contribution is 2.35. The van der Waals surface area contributed by atoms with Gasteiger partial charge in [-0.2, -0.15) is 0 Å². The van der Waals surface area contributed by atoms with Crippen molar-refractivity contribution in [2.75, 3.05) is 18.0 Å². The van der Waals surface area contributed by atoms with Crippen LogP contribution in [-0.4, -0.2) is 41.5 Å². The zero-order valence-electron chi connectivity index (χ0n) is 12.2. The Morgan fingerprint density at radius 2 is 2.22 bits per heavy atom. The largest absolute Gasteiger partial charge is 0.391 e. The number of para-hydroxylation sites is 1. The molecule has 2 heterocycles. The summed E-state index contributed by atoms with van der Waals surface area (Å²) in [5.41, 5.74) is 7.45. The Bertz CT molecular complexity index is 695. The SMILES string of the molecule is N[C@@H]1CN(c2c(Cl)cccc2C=C2SC(=O)NC2=O)CC[C@H]1O. The number of nitrogens with two attached hydrogens (primary N) is 1. The molecule has 1 aromatic carbocycles. The second kappa shape index (κ2) is 6.52. The highest BCUT2D eigenvalue weighted by molar-refractivity contribution is 8.18. The number of carbonyl (C=O) groups excluding carboxylic acids is 2. The smallest absolute Gasteiger partial charge is 0.290 e. The molecule has 2 saturated heterocycles. The molecule has 6 nitrogen and oxygen atoms in total. The van der Waals surface area contributed by atoms with E-state index in [0.717, 1.165) is 23.0 Å². The van der Waals surface area contributed by atoms with Crippen LogP contribution in [0.3, 0.4) is 0 Å². The number of hydrogen-bond donors (Lipinski definition) is 3. The van der Waals surface area contributed by atoms with E-state index in [1.54, 1.807) is 18.2 Å². The van der Waals surface area contributed by atoms with Crippen molar-refractivity contribution >= 4 is 46.3 Å². The molecule has 0 spiro atoms. The van der Waals surface area contributed by atoms with E-state index in [4.69, 9.17) is 17.3 Å². The van der Waals surface area contributed by atoms with Gasteiger partial charge in [0.2, 0.25) is 0 Å². The van der Waals surface area contributed by atoms with Gasteiger partial charge in [-0.15, -0.1) is 0 Å². The molecule has 2 amide bonds. The fourth-order valence-corrected chi connectivity index (χ4v) is 3.69. The number of amides is 2. The molecule has 2 aliphatic heterocycles. The van der Waals surface area contributed by atoms with Crippen molar-refractivity contribution in [2.45, 2.75) is 18.6 Å². The lowest BCUT2D eigenvalue weighted by Gasteiger charge is -2.37. The zero-order chi connectivity index (χ0) is 16.6. The summed E-state index contributed by atoms with van der Waals surface area (Å²) in [6, 6.07) is 5.03. The van der Waals surface area contributed by atoms with Gasteiger partial charge >= 0.3 is 0 Å². The van der Waals surface area contributed by atoms with Gasteiger partial charge in [0.1, 0.15) is 0 Å². The predicted molar refractivity (Wildman–Crippen MR) is 91.4 cm³/mol. The van der Waals surface area contributed by atoms with E-state index in [-0.39, 0.29) is 11.3 Å². The molecule has 4 N–H and O–H groups in total. The van der Waals surface area contributed by atoms with Crippen molar-refractivity contribution < 1.29 is 14.7 Å². The molecule has 0 saturated carbocycles. The van der Waals surface area contributed by atoms with Crippen molar-refractivity contribution in [1.29, 1.82) is 0 Å². The van der Waals surface area contributed by atoms with Gasteiger partial charge in [-0.1, -0.05) is 23.7 Å². The molecule has 0 aliphatic carbocycles. The fraction of sp³-hybridized carbons (Fsp3) is 0.333. The average molecular weight is 354 g/mol. The molecule has 3 rings (SSSR count). The van der Waals surface area contributed by atoms with E-state index in [0.29, 0.717) is 29.4 Å². The first-order chi connectivity index (χ1) is 11.0. The molecule has 23 heavy (non-hydrogen) atoms. The second-order valence-corrected chi connectivity index (χ2v) is 6.92. The summed E-state index contributed by atoms with van der Waals surface area (Å²) >= 11 is 7.21. The van der Waals surface area contributed by atoms with E-state index < -0.39 is 12.0 Å². The standard InChI is InChI=1S/C15H16ClN3O3S/c16-9-3-1-2-8(6-12-14(21)18-15(22)23-12)13(9)19-5-4-11(20)10(17)7-19/h1-3,6,10-11,20H,4-5,7,17H2,(H,18,21,22)/t10-,11-/m1/s1.